The van der Waals surface area contributed by atoms with Gasteiger partial charge in [-0.05, 0) is 67.9 Å². The minimum Gasteiger partial charge on any atom is -0.493 e. The molecule has 5 rings (SSSR count). The number of nitrogens with one attached hydrogen (secondary N) is 2. The van der Waals surface area contributed by atoms with Crippen LogP contribution in [0.1, 0.15) is 57.9 Å². The van der Waals surface area contributed by atoms with E-state index in [4.69, 9.17) is 14.2 Å². The summed E-state index contributed by atoms with van der Waals surface area (Å²) in [5, 5.41) is 16.8. The van der Waals surface area contributed by atoms with Crippen LogP contribution in [0, 0.1) is 5.92 Å². The fraction of sp³-hybridized carbons (Fsp3) is 0.559. The second-order valence-corrected chi connectivity index (χ2v) is 12.3. The standard InChI is InChI=1S/C34H46N4O7.ClH/c1-4-5-16-38-32(41)30(31(40)25-12-19-44-20-13-25)36-33(42)34(38)14-17-37(18-15-34)22-24-6-9-27(10-7-24)45-28-11-8-26(35-23(2)39)21-29(28)43-3;/h6-11,21,25,30-31,40H,4-5,12-20,22H2,1-3H3,(H,35,39)(H,36,42);1H/t30-,31-;/m1./s1. The Morgan fingerprint density at radius 2 is 1.80 bits per heavy atom. The number of amides is 3. The van der Waals surface area contributed by atoms with Crippen LogP contribution in [0.4, 0.5) is 5.69 Å². The van der Waals surface area contributed by atoms with Crippen LogP contribution in [0.2, 0.25) is 0 Å². The number of unbranched alkanes of at least 4 members (excludes halogenated alkanes) is 1. The van der Waals surface area contributed by atoms with Crippen molar-refractivity contribution in [1.82, 2.24) is 15.1 Å². The molecule has 0 aromatic heterocycles. The smallest absolute Gasteiger partial charge is 0.248 e. The maximum Gasteiger partial charge on any atom is 0.248 e. The lowest BCUT2D eigenvalue weighted by Crippen LogP contribution is -2.75. The van der Waals surface area contributed by atoms with Gasteiger partial charge in [-0.2, -0.15) is 0 Å². The van der Waals surface area contributed by atoms with Crippen LogP contribution >= 0.6 is 12.4 Å². The van der Waals surface area contributed by atoms with Crippen LogP contribution in [0.3, 0.4) is 0 Å². The molecular weight excluding hydrogens is 612 g/mol. The molecule has 3 amide bonds. The molecule has 11 nitrogen and oxygen atoms in total. The van der Waals surface area contributed by atoms with Crippen LogP contribution in [0.25, 0.3) is 0 Å². The Kier molecular flexibility index (Phi) is 12.3. The lowest BCUT2D eigenvalue weighted by Gasteiger charge is -2.52. The van der Waals surface area contributed by atoms with E-state index in [9.17, 15) is 19.5 Å². The van der Waals surface area contributed by atoms with Gasteiger partial charge < -0.3 is 34.9 Å². The first-order valence-electron chi connectivity index (χ1n) is 16.1. The number of aliphatic hydroxyl groups excluding tert-OH is 1. The van der Waals surface area contributed by atoms with Gasteiger partial charge in [-0.25, -0.2) is 0 Å². The van der Waals surface area contributed by atoms with Crippen molar-refractivity contribution in [1.29, 1.82) is 0 Å². The highest BCUT2D eigenvalue weighted by Crippen LogP contribution is 2.37. The van der Waals surface area contributed by atoms with Gasteiger partial charge in [0.25, 0.3) is 0 Å². The summed E-state index contributed by atoms with van der Waals surface area (Å²) in [4.78, 5) is 43.1. The van der Waals surface area contributed by atoms with Gasteiger partial charge >= 0.3 is 0 Å². The molecule has 3 N–H and O–H groups in total. The van der Waals surface area contributed by atoms with Crippen molar-refractivity contribution in [3.05, 3.63) is 48.0 Å². The number of piperazine rings is 1. The number of anilines is 1. The maximum absolute atomic E-state index is 13.8. The fourth-order valence-electron chi connectivity index (χ4n) is 6.70. The summed E-state index contributed by atoms with van der Waals surface area (Å²) < 4.78 is 16.9. The lowest BCUT2D eigenvalue weighted by molar-refractivity contribution is -0.166. The second-order valence-electron chi connectivity index (χ2n) is 12.3. The Morgan fingerprint density at radius 3 is 2.43 bits per heavy atom. The van der Waals surface area contributed by atoms with E-state index in [1.807, 2.05) is 24.3 Å². The van der Waals surface area contributed by atoms with E-state index in [2.05, 4.69) is 22.5 Å². The predicted molar refractivity (Wildman–Crippen MR) is 176 cm³/mol. The number of hydrogen-bond acceptors (Lipinski definition) is 8. The van der Waals surface area contributed by atoms with Crippen molar-refractivity contribution in [2.24, 2.45) is 5.92 Å². The molecule has 3 saturated heterocycles. The highest BCUT2D eigenvalue weighted by molar-refractivity contribution is 6.00. The third kappa shape index (κ3) is 7.94. The number of hydrogen-bond donors (Lipinski definition) is 3. The van der Waals surface area contributed by atoms with E-state index in [0.29, 0.717) is 88.0 Å². The van der Waals surface area contributed by atoms with Crippen molar-refractivity contribution >= 4 is 35.8 Å². The number of benzene rings is 2. The van der Waals surface area contributed by atoms with Crippen molar-refractivity contribution in [3.63, 3.8) is 0 Å². The minimum absolute atomic E-state index is 0. The monoisotopic (exact) mass is 658 g/mol. The van der Waals surface area contributed by atoms with Gasteiger partial charge in [-0.3, -0.25) is 19.3 Å². The summed E-state index contributed by atoms with van der Waals surface area (Å²) in [6.45, 7) is 7.23. The van der Waals surface area contributed by atoms with Crippen LogP contribution < -0.4 is 20.1 Å². The molecule has 2 atom stereocenters. The highest BCUT2D eigenvalue weighted by Gasteiger charge is 2.55. The molecule has 0 bridgehead atoms. The van der Waals surface area contributed by atoms with Gasteiger partial charge in [0.05, 0.1) is 13.2 Å². The van der Waals surface area contributed by atoms with E-state index in [0.717, 1.165) is 18.4 Å². The molecule has 1 spiro atoms. The summed E-state index contributed by atoms with van der Waals surface area (Å²) in [5.41, 5.74) is 0.847. The number of aliphatic hydroxyl groups is 1. The first kappa shape index (κ1) is 35.5. The molecule has 0 unspecified atom stereocenters. The molecule has 3 aliphatic heterocycles. The average Bonchev–Trinajstić information content (AvgIpc) is 3.05. The van der Waals surface area contributed by atoms with Crippen LogP contribution in [-0.4, -0.2) is 90.3 Å². The molecule has 2 aromatic rings. The van der Waals surface area contributed by atoms with Crippen molar-refractivity contribution in [2.75, 3.05) is 45.3 Å². The van der Waals surface area contributed by atoms with Gasteiger partial charge in [0, 0.05) is 58.1 Å². The van der Waals surface area contributed by atoms with Crippen molar-refractivity contribution in [3.8, 4) is 17.2 Å². The normalized spacial score (nSPS) is 20.9. The van der Waals surface area contributed by atoms with Crippen LogP contribution in [0.5, 0.6) is 17.2 Å². The van der Waals surface area contributed by atoms with E-state index in [-0.39, 0.29) is 36.0 Å². The Balaban J connectivity index is 0.00000480. The number of rotatable bonds is 11. The molecule has 12 heteroatoms. The van der Waals surface area contributed by atoms with Crippen LogP contribution in [0.15, 0.2) is 42.5 Å². The van der Waals surface area contributed by atoms with Gasteiger partial charge in [0.15, 0.2) is 11.5 Å². The van der Waals surface area contributed by atoms with E-state index in [1.165, 1.54) is 6.92 Å². The van der Waals surface area contributed by atoms with Gasteiger partial charge in [0.1, 0.15) is 17.3 Å². The number of carbonyl (C=O) groups is 3. The number of piperidine rings is 1. The minimum atomic E-state index is -0.914. The third-order valence-electron chi connectivity index (χ3n) is 9.31. The SMILES string of the molecule is CCCCN1C(=O)[C@@H]([C@H](O)C2CCOCC2)NC(=O)C12CCN(Cc1ccc(Oc3ccc(NC(C)=O)cc3OC)cc1)CC2.Cl. The van der Waals surface area contributed by atoms with Crippen LogP contribution in [-0.2, 0) is 25.7 Å². The average molecular weight is 659 g/mol. The number of ether oxygens (including phenoxy) is 3. The maximum atomic E-state index is 13.8. The predicted octanol–water partition coefficient (Wildman–Crippen LogP) is 4.12. The molecule has 46 heavy (non-hydrogen) atoms. The van der Waals surface area contributed by atoms with E-state index >= 15 is 0 Å². The summed E-state index contributed by atoms with van der Waals surface area (Å²) in [6.07, 6.45) is 3.27. The van der Waals surface area contributed by atoms with Gasteiger partial charge in [-0.15, -0.1) is 12.4 Å². The number of halogens is 1. The summed E-state index contributed by atoms with van der Waals surface area (Å²) in [7, 11) is 1.55. The molecule has 3 heterocycles. The topological polar surface area (TPSA) is 130 Å². The zero-order chi connectivity index (χ0) is 32.0. The summed E-state index contributed by atoms with van der Waals surface area (Å²) in [5.74, 6) is 1.17. The molecule has 3 fully saturated rings. The summed E-state index contributed by atoms with van der Waals surface area (Å²) in [6, 6.07) is 12.2. The molecular formula is C34H47ClN4O7. The number of methoxy groups -OCH3 is 1. The second kappa shape index (κ2) is 15.9. The van der Waals surface area contributed by atoms with Gasteiger partial charge in [-0.1, -0.05) is 25.5 Å². The summed E-state index contributed by atoms with van der Waals surface area (Å²) >= 11 is 0. The molecule has 0 saturated carbocycles. The molecule has 3 aliphatic rings. The first-order chi connectivity index (χ1) is 21.7. The van der Waals surface area contributed by atoms with E-state index in [1.54, 1.807) is 30.2 Å². The zero-order valence-corrected chi connectivity index (χ0v) is 27.8. The molecule has 0 radical (unpaired) electrons. The van der Waals surface area contributed by atoms with E-state index < -0.39 is 17.7 Å². The molecule has 2 aromatic carbocycles. The highest BCUT2D eigenvalue weighted by atomic mass is 35.5. The number of carbonyl (C=O) groups excluding carboxylic acids is 3. The molecule has 0 aliphatic carbocycles. The first-order valence-corrected chi connectivity index (χ1v) is 16.1. The largest absolute Gasteiger partial charge is 0.493 e. The fourth-order valence-corrected chi connectivity index (χ4v) is 6.70. The quantitative estimate of drug-likeness (QED) is 0.329. The Morgan fingerprint density at radius 1 is 1.11 bits per heavy atom. The van der Waals surface area contributed by atoms with Gasteiger partial charge in [0.2, 0.25) is 17.7 Å². The number of likely N-dealkylation sites (tertiary alicyclic amines) is 1. The van der Waals surface area contributed by atoms with Crippen molar-refractivity contribution < 1.29 is 33.7 Å². The third-order valence-corrected chi connectivity index (χ3v) is 9.31. The zero-order valence-electron chi connectivity index (χ0n) is 27.0. The Hall–Kier alpha value is -3.38. The Labute approximate surface area is 277 Å². The molecule has 252 valence electrons. The lowest BCUT2D eigenvalue weighted by atomic mass is 9.79. The number of nitrogens with zero attached hydrogens (tertiary/aromatic N) is 2. The van der Waals surface area contributed by atoms with Crippen molar-refractivity contribution in [2.45, 2.75) is 76.6 Å². The Bertz CT molecular complexity index is 1340.